The number of nitrogens with one attached hydrogen (secondary N) is 1. The van der Waals surface area contributed by atoms with Gasteiger partial charge in [0.1, 0.15) is 0 Å². The first-order valence-corrected chi connectivity index (χ1v) is 12.0. The molecule has 1 unspecified atom stereocenters. The van der Waals surface area contributed by atoms with Crippen LogP contribution in [0.5, 0.6) is 0 Å². The van der Waals surface area contributed by atoms with Crippen LogP contribution in [0.4, 0.5) is 0 Å². The molecule has 2 aromatic rings. The molecule has 6 heteroatoms. The molecular formula is C23H28Cl2N2OS. The second kappa shape index (κ2) is 11.3. The van der Waals surface area contributed by atoms with E-state index < -0.39 is 0 Å². The standard InChI is InChI=1S/C23H28Cl2N2OS/c1-17-5-2-6-18(13-17)16-29-12-10-26-23(28)19-7-4-11-27(14-19)15-20-21(24)8-3-9-22(20)25/h2-3,5-6,8-9,13,19H,4,7,10-12,14-16H2,1H3,(H,26,28). The number of carbonyl (C=O) groups is 1. The van der Waals surface area contributed by atoms with Gasteiger partial charge in [-0.15, -0.1) is 0 Å². The summed E-state index contributed by atoms with van der Waals surface area (Å²) in [7, 11) is 0. The quantitative estimate of drug-likeness (QED) is 0.533. The van der Waals surface area contributed by atoms with Crippen LogP contribution >= 0.6 is 35.0 Å². The maximum Gasteiger partial charge on any atom is 0.224 e. The smallest absolute Gasteiger partial charge is 0.224 e. The van der Waals surface area contributed by atoms with Crippen LogP contribution in [0.25, 0.3) is 0 Å². The van der Waals surface area contributed by atoms with Gasteiger partial charge in [0.05, 0.1) is 5.92 Å². The topological polar surface area (TPSA) is 32.3 Å². The third-order valence-corrected chi connectivity index (χ3v) is 6.96. The molecule has 0 aromatic heterocycles. The Balaban J connectivity index is 1.40. The van der Waals surface area contributed by atoms with Crippen molar-refractivity contribution in [2.75, 3.05) is 25.4 Å². The number of carbonyl (C=O) groups excluding carboxylic acids is 1. The van der Waals surface area contributed by atoms with Crippen LogP contribution in [0.1, 0.15) is 29.5 Å². The molecule has 0 saturated carbocycles. The molecule has 29 heavy (non-hydrogen) atoms. The highest BCUT2D eigenvalue weighted by Crippen LogP contribution is 2.27. The Morgan fingerprint density at radius 3 is 2.72 bits per heavy atom. The van der Waals surface area contributed by atoms with Crippen molar-refractivity contribution in [2.45, 2.75) is 32.1 Å². The molecule has 156 valence electrons. The first-order chi connectivity index (χ1) is 14.0. The number of aryl methyl sites for hydroxylation is 1. The summed E-state index contributed by atoms with van der Waals surface area (Å²) in [5, 5.41) is 4.50. The van der Waals surface area contributed by atoms with Crippen LogP contribution in [0.15, 0.2) is 42.5 Å². The summed E-state index contributed by atoms with van der Waals surface area (Å²) in [5.41, 5.74) is 3.57. The van der Waals surface area contributed by atoms with Crippen molar-refractivity contribution in [3.05, 3.63) is 69.2 Å². The average molecular weight is 451 g/mol. The van der Waals surface area contributed by atoms with E-state index >= 15 is 0 Å². The van der Waals surface area contributed by atoms with Gasteiger partial charge in [-0.2, -0.15) is 11.8 Å². The van der Waals surface area contributed by atoms with Gasteiger partial charge in [0.25, 0.3) is 0 Å². The van der Waals surface area contributed by atoms with Gasteiger partial charge in [-0.3, -0.25) is 9.69 Å². The highest BCUT2D eigenvalue weighted by atomic mass is 35.5. The number of hydrogen-bond acceptors (Lipinski definition) is 3. The summed E-state index contributed by atoms with van der Waals surface area (Å²) < 4.78 is 0. The van der Waals surface area contributed by atoms with Crippen molar-refractivity contribution in [2.24, 2.45) is 5.92 Å². The van der Waals surface area contributed by atoms with E-state index in [4.69, 9.17) is 23.2 Å². The first-order valence-electron chi connectivity index (χ1n) is 10.1. The normalized spacial score (nSPS) is 17.3. The molecule has 1 atom stereocenters. The summed E-state index contributed by atoms with van der Waals surface area (Å²) in [6.07, 6.45) is 1.96. The molecular weight excluding hydrogens is 423 g/mol. The van der Waals surface area contributed by atoms with E-state index in [1.807, 2.05) is 30.0 Å². The lowest BCUT2D eigenvalue weighted by molar-refractivity contribution is -0.126. The lowest BCUT2D eigenvalue weighted by Gasteiger charge is -2.32. The van der Waals surface area contributed by atoms with Crippen LogP contribution in [-0.4, -0.2) is 36.2 Å². The van der Waals surface area contributed by atoms with Gasteiger partial charge in [-0.25, -0.2) is 0 Å². The third-order valence-electron chi connectivity index (χ3n) is 5.22. The maximum absolute atomic E-state index is 12.6. The Labute approximate surface area is 188 Å². The Bertz CT molecular complexity index is 810. The van der Waals surface area contributed by atoms with E-state index in [9.17, 15) is 4.79 Å². The average Bonchev–Trinajstić information content (AvgIpc) is 2.71. The van der Waals surface area contributed by atoms with Crippen LogP contribution in [0.2, 0.25) is 10.0 Å². The van der Waals surface area contributed by atoms with E-state index in [1.54, 1.807) is 0 Å². The van der Waals surface area contributed by atoms with E-state index in [1.165, 1.54) is 11.1 Å². The minimum Gasteiger partial charge on any atom is -0.355 e. The molecule has 0 spiro atoms. The SMILES string of the molecule is Cc1cccc(CSCCNC(=O)C2CCCN(Cc3c(Cl)cccc3Cl)C2)c1. The van der Waals surface area contributed by atoms with Crippen LogP contribution < -0.4 is 5.32 Å². The van der Waals surface area contributed by atoms with E-state index in [0.29, 0.717) is 23.1 Å². The number of hydrogen-bond donors (Lipinski definition) is 1. The predicted molar refractivity (Wildman–Crippen MR) is 125 cm³/mol. The Kier molecular flexibility index (Phi) is 8.73. The van der Waals surface area contributed by atoms with E-state index in [-0.39, 0.29) is 11.8 Å². The number of rotatable bonds is 8. The number of amides is 1. The van der Waals surface area contributed by atoms with Gasteiger partial charge in [-0.1, -0.05) is 59.1 Å². The zero-order valence-corrected chi connectivity index (χ0v) is 19.1. The Morgan fingerprint density at radius 2 is 1.97 bits per heavy atom. The lowest BCUT2D eigenvalue weighted by Crippen LogP contribution is -2.43. The molecule has 2 aromatic carbocycles. The second-order valence-electron chi connectivity index (χ2n) is 7.61. The van der Waals surface area contributed by atoms with Gasteiger partial charge in [-0.05, 0) is 44.0 Å². The molecule has 3 nitrogen and oxygen atoms in total. The van der Waals surface area contributed by atoms with Gasteiger partial charge in [0.15, 0.2) is 0 Å². The molecule has 0 bridgehead atoms. The Hall–Kier alpha value is -1.20. The van der Waals surface area contributed by atoms with Crippen LogP contribution in [0.3, 0.4) is 0 Å². The predicted octanol–water partition coefficient (Wildman–Crippen LogP) is 5.56. The van der Waals surface area contributed by atoms with Crippen molar-refractivity contribution in [1.82, 2.24) is 10.2 Å². The number of thioether (sulfide) groups is 1. The monoisotopic (exact) mass is 450 g/mol. The van der Waals surface area contributed by atoms with Gasteiger partial charge < -0.3 is 5.32 Å². The summed E-state index contributed by atoms with van der Waals surface area (Å²) in [6.45, 7) is 5.24. The minimum absolute atomic E-state index is 0.0341. The van der Waals surface area contributed by atoms with Crippen molar-refractivity contribution in [1.29, 1.82) is 0 Å². The van der Waals surface area contributed by atoms with Crippen LogP contribution in [-0.2, 0) is 17.1 Å². The zero-order valence-electron chi connectivity index (χ0n) is 16.8. The molecule has 1 N–H and O–H groups in total. The second-order valence-corrected chi connectivity index (χ2v) is 9.53. The van der Waals surface area contributed by atoms with Crippen molar-refractivity contribution in [3.8, 4) is 0 Å². The van der Waals surface area contributed by atoms with Gasteiger partial charge in [0.2, 0.25) is 5.91 Å². The molecule has 3 rings (SSSR count). The molecule has 1 aliphatic rings. The largest absolute Gasteiger partial charge is 0.355 e. The summed E-state index contributed by atoms with van der Waals surface area (Å²) >= 11 is 14.5. The number of halogens is 2. The number of piperidine rings is 1. The van der Waals surface area contributed by atoms with Crippen molar-refractivity contribution < 1.29 is 4.79 Å². The minimum atomic E-state index is 0.0341. The van der Waals surface area contributed by atoms with Crippen molar-refractivity contribution >= 4 is 40.9 Å². The first kappa shape index (κ1) is 22.5. The zero-order chi connectivity index (χ0) is 20.6. The molecule has 0 radical (unpaired) electrons. The van der Waals surface area contributed by atoms with Gasteiger partial charge in [0, 0.05) is 46.7 Å². The lowest BCUT2D eigenvalue weighted by atomic mass is 9.96. The number of likely N-dealkylation sites (tertiary alicyclic amines) is 1. The fraction of sp³-hybridized carbons (Fsp3) is 0.435. The maximum atomic E-state index is 12.6. The highest BCUT2D eigenvalue weighted by Gasteiger charge is 2.26. The number of benzene rings is 2. The molecule has 0 aliphatic carbocycles. The molecule has 1 fully saturated rings. The van der Waals surface area contributed by atoms with Crippen LogP contribution in [0, 0.1) is 12.8 Å². The summed E-state index contributed by atoms with van der Waals surface area (Å²) in [6, 6.07) is 14.2. The highest BCUT2D eigenvalue weighted by molar-refractivity contribution is 7.98. The molecule has 1 amide bonds. The molecule has 1 heterocycles. The fourth-order valence-electron chi connectivity index (χ4n) is 3.70. The van der Waals surface area contributed by atoms with Crippen molar-refractivity contribution in [3.63, 3.8) is 0 Å². The van der Waals surface area contributed by atoms with E-state index in [0.717, 1.165) is 43.0 Å². The summed E-state index contributed by atoms with van der Waals surface area (Å²) in [5.74, 6) is 2.10. The fourth-order valence-corrected chi connectivity index (χ4v) is 5.03. The summed E-state index contributed by atoms with van der Waals surface area (Å²) in [4.78, 5) is 14.9. The molecule has 1 aliphatic heterocycles. The third kappa shape index (κ3) is 6.92. The van der Waals surface area contributed by atoms with E-state index in [2.05, 4.69) is 41.4 Å². The van der Waals surface area contributed by atoms with Gasteiger partial charge >= 0.3 is 0 Å². The molecule has 1 saturated heterocycles. The Morgan fingerprint density at radius 1 is 1.21 bits per heavy atom. The number of nitrogens with zero attached hydrogens (tertiary/aromatic N) is 1.